The topological polar surface area (TPSA) is 85.0 Å². The molecule has 1 saturated heterocycles. The first-order chi connectivity index (χ1) is 11.6. The molecule has 2 aromatic heterocycles. The lowest BCUT2D eigenvalue weighted by Crippen LogP contribution is -2.39. The summed E-state index contributed by atoms with van der Waals surface area (Å²) in [6, 6.07) is 0. The van der Waals surface area contributed by atoms with Crippen LogP contribution in [-0.2, 0) is 11.2 Å². The summed E-state index contributed by atoms with van der Waals surface area (Å²) in [5, 5.41) is 8.01. The van der Waals surface area contributed by atoms with E-state index in [-0.39, 0.29) is 17.7 Å². The highest BCUT2D eigenvalue weighted by atomic mass is 16.4. The Bertz CT molecular complexity index is 671. The molecule has 1 aliphatic heterocycles. The maximum absolute atomic E-state index is 12.5. The Hall–Kier alpha value is -2.31. The number of piperidine rings is 1. The molecule has 3 heterocycles. The smallest absolute Gasteiger partial charge is 0.223 e. The second kappa shape index (κ2) is 7.51. The van der Waals surface area contributed by atoms with Crippen molar-refractivity contribution in [3.05, 3.63) is 36.1 Å². The van der Waals surface area contributed by atoms with E-state index in [4.69, 9.17) is 4.42 Å². The van der Waals surface area contributed by atoms with Crippen molar-refractivity contribution in [2.45, 2.75) is 51.4 Å². The summed E-state index contributed by atoms with van der Waals surface area (Å²) in [5.41, 5.74) is 0.966. The zero-order valence-corrected chi connectivity index (χ0v) is 14.2. The maximum atomic E-state index is 12.5. The van der Waals surface area contributed by atoms with Crippen molar-refractivity contribution in [1.82, 2.24) is 25.1 Å². The van der Waals surface area contributed by atoms with Crippen LogP contribution in [0.15, 0.2) is 23.0 Å². The Morgan fingerprint density at radius 3 is 2.96 bits per heavy atom. The van der Waals surface area contributed by atoms with E-state index in [0.717, 1.165) is 25.1 Å². The summed E-state index contributed by atoms with van der Waals surface area (Å²) in [6.07, 6.45) is 8.10. The molecule has 0 saturated carbocycles. The largest absolute Gasteiger partial charge is 0.425 e. The number of amides is 1. The van der Waals surface area contributed by atoms with Crippen LogP contribution in [0, 0.1) is 0 Å². The summed E-state index contributed by atoms with van der Waals surface area (Å²) in [7, 11) is 0. The standard InChI is InChI=1S/C17H23N5O2/c1-12(2)17-21-20-15(24-17)5-6-16(23)22-9-3-4-13(11-22)14-10-18-7-8-19-14/h7-8,10,12-13H,3-6,9,11H2,1-2H3/t13-/m0/s1. The fourth-order valence-electron chi connectivity index (χ4n) is 2.94. The van der Waals surface area contributed by atoms with Gasteiger partial charge < -0.3 is 9.32 Å². The second-order valence-electron chi connectivity index (χ2n) is 6.50. The van der Waals surface area contributed by atoms with Crippen molar-refractivity contribution < 1.29 is 9.21 Å². The number of carbonyl (C=O) groups excluding carboxylic acids is 1. The first-order valence-electron chi connectivity index (χ1n) is 8.49. The Morgan fingerprint density at radius 2 is 2.25 bits per heavy atom. The third-order valence-corrected chi connectivity index (χ3v) is 4.30. The molecule has 3 rings (SSSR count). The zero-order valence-electron chi connectivity index (χ0n) is 14.2. The minimum absolute atomic E-state index is 0.132. The van der Waals surface area contributed by atoms with Gasteiger partial charge in [-0.25, -0.2) is 0 Å². The molecule has 0 aromatic carbocycles. The molecule has 0 radical (unpaired) electrons. The summed E-state index contributed by atoms with van der Waals surface area (Å²) < 4.78 is 5.56. The summed E-state index contributed by atoms with van der Waals surface area (Å²) in [6.45, 7) is 5.51. The molecule has 1 aliphatic rings. The first kappa shape index (κ1) is 16.5. The normalized spacial score (nSPS) is 18.1. The van der Waals surface area contributed by atoms with Crippen LogP contribution in [0.1, 0.15) is 62.4 Å². The van der Waals surface area contributed by atoms with Crippen LogP contribution in [0.3, 0.4) is 0 Å². The average molecular weight is 329 g/mol. The lowest BCUT2D eigenvalue weighted by atomic mass is 9.95. The van der Waals surface area contributed by atoms with E-state index in [9.17, 15) is 4.79 Å². The predicted molar refractivity (Wildman–Crippen MR) is 87.3 cm³/mol. The van der Waals surface area contributed by atoms with Crippen molar-refractivity contribution in [2.24, 2.45) is 0 Å². The van der Waals surface area contributed by atoms with Gasteiger partial charge in [-0.3, -0.25) is 14.8 Å². The number of nitrogens with zero attached hydrogens (tertiary/aromatic N) is 5. The predicted octanol–water partition coefficient (Wildman–Crippen LogP) is 2.32. The van der Waals surface area contributed by atoms with Crippen LogP contribution in [0.4, 0.5) is 0 Å². The van der Waals surface area contributed by atoms with Gasteiger partial charge >= 0.3 is 0 Å². The number of rotatable bonds is 5. The van der Waals surface area contributed by atoms with E-state index in [2.05, 4.69) is 20.2 Å². The molecule has 7 nitrogen and oxygen atoms in total. The number of likely N-dealkylation sites (tertiary alicyclic amines) is 1. The van der Waals surface area contributed by atoms with Crippen molar-refractivity contribution in [3.63, 3.8) is 0 Å². The third-order valence-electron chi connectivity index (χ3n) is 4.30. The first-order valence-corrected chi connectivity index (χ1v) is 8.49. The van der Waals surface area contributed by atoms with Gasteiger partial charge in [0, 0.05) is 56.4 Å². The second-order valence-corrected chi connectivity index (χ2v) is 6.50. The molecule has 1 atom stereocenters. The number of aryl methyl sites for hydroxylation is 1. The van der Waals surface area contributed by atoms with E-state index in [0.29, 0.717) is 31.2 Å². The molecule has 24 heavy (non-hydrogen) atoms. The lowest BCUT2D eigenvalue weighted by Gasteiger charge is -2.32. The van der Waals surface area contributed by atoms with E-state index >= 15 is 0 Å². The van der Waals surface area contributed by atoms with Crippen molar-refractivity contribution in [1.29, 1.82) is 0 Å². The van der Waals surface area contributed by atoms with Gasteiger partial charge in [0.25, 0.3) is 0 Å². The van der Waals surface area contributed by atoms with Gasteiger partial charge in [0.2, 0.25) is 17.7 Å². The molecule has 0 N–H and O–H groups in total. The van der Waals surface area contributed by atoms with Gasteiger partial charge in [0.05, 0.1) is 5.69 Å². The minimum atomic E-state index is 0.132. The third kappa shape index (κ3) is 3.96. The quantitative estimate of drug-likeness (QED) is 0.837. The average Bonchev–Trinajstić information content (AvgIpc) is 3.10. The Morgan fingerprint density at radius 1 is 1.38 bits per heavy atom. The van der Waals surface area contributed by atoms with Crippen molar-refractivity contribution in [3.8, 4) is 0 Å². The Labute approximate surface area is 141 Å². The summed E-state index contributed by atoms with van der Waals surface area (Å²) in [5.74, 6) is 1.77. The van der Waals surface area contributed by atoms with Crippen LogP contribution in [0.2, 0.25) is 0 Å². The summed E-state index contributed by atoms with van der Waals surface area (Å²) in [4.78, 5) is 22.9. The van der Waals surface area contributed by atoms with Crippen molar-refractivity contribution in [2.75, 3.05) is 13.1 Å². The zero-order chi connectivity index (χ0) is 16.9. The van der Waals surface area contributed by atoms with Crippen LogP contribution in [0.25, 0.3) is 0 Å². The maximum Gasteiger partial charge on any atom is 0.223 e. The molecule has 1 fully saturated rings. The highest BCUT2D eigenvalue weighted by molar-refractivity contribution is 5.76. The number of hydrogen-bond donors (Lipinski definition) is 0. The number of hydrogen-bond acceptors (Lipinski definition) is 6. The fraction of sp³-hybridized carbons (Fsp3) is 0.588. The lowest BCUT2D eigenvalue weighted by molar-refractivity contribution is -0.132. The van der Waals surface area contributed by atoms with Gasteiger partial charge in [0.1, 0.15) is 0 Å². The van der Waals surface area contributed by atoms with Gasteiger partial charge in [-0.05, 0) is 12.8 Å². The Kier molecular flexibility index (Phi) is 5.17. The molecule has 0 aliphatic carbocycles. The Balaban J connectivity index is 1.54. The molecule has 1 amide bonds. The van der Waals surface area contributed by atoms with Crippen LogP contribution < -0.4 is 0 Å². The summed E-state index contributed by atoms with van der Waals surface area (Å²) >= 11 is 0. The molecule has 0 bridgehead atoms. The van der Waals surface area contributed by atoms with E-state index in [1.165, 1.54) is 0 Å². The van der Waals surface area contributed by atoms with Crippen molar-refractivity contribution >= 4 is 5.91 Å². The van der Waals surface area contributed by atoms with Crippen LogP contribution >= 0.6 is 0 Å². The van der Waals surface area contributed by atoms with Gasteiger partial charge in [-0.15, -0.1) is 10.2 Å². The van der Waals surface area contributed by atoms with Crippen LogP contribution in [0.5, 0.6) is 0 Å². The fourth-order valence-corrected chi connectivity index (χ4v) is 2.94. The molecule has 7 heteroatoms. The molecule has 0 spiro atoms. The number of carbonyl (C=O) groups is 1. The van der Waals surface area contributed by atoms with Gasteiger partial charge in [0.15, 0.2) is 0 Å². The van der Waals surface area contributed by atoms with Gasteiger partial charge in [-0.2, -0.15) is 0 Å². The van der Waals surface area contributed by atoms with Gasteiger partial charge in [-0.1, -0.05) is 13.8 Å². The van der Waals surface area contributed by atoms with E-state index < -0.39 is 0 Å². The van der Waals surface area contributed by atoms with E-state index in [1.807, 2.05) is 18.7 Å². The molecule has 128 valence electrons. The van der Waals surface area contributed by atoms with Crippen LogP contribution in [-0.4, -0.2) is 44.1 Å². The molecule has 2 aromatic rings. The van der Waals surface area contributed by atoms with E-state index in [1.54, 1.807) is 18.6 Å². The highest BCUT2D eigenvalue weighted by Gasteiger charge is 2.25. The molecular formula is C17H23N5O2. The minimum Gasteiger partial charge on any atom is -0.425 e. The highest BCUT2D eigenvalue weighted by Crippen LogP contribution is 2.25. The SMILES string of the molecule is CC(C)c1nnc(CCC(=O)N2CCC[C@H](c3cnccn3)C2)o1. The monoisotopic (exact) mass is 329 g/mol. The molecule has 0 unspecified atom stereocenters. The molecular weight excluding hydrogens is 306 g/mol. The number of aromatic nitrogens is 4.